The summed E-state index contributed by atoms with van der Waals surface area (Å²) in [5, 5.41) is 9.21. The number of hydrogen-bond acceptors (Lipinski definition) is 6. The quantitative estimate of drug-likeness (QED) is 0.138. The molecule has 0 aromatic heterocycles. The van der Waals surface area contributed by atoms with Gasteiger partial charge in [0.05, 0.1) is 18.1 Å². The molecule has 3 aliphatic heterocycles. The molecule has 0 saturated carbocycles. The number of nitrogens with zero attached hydrogens (tertiary/aromatic N) is 2. The lowest BCUT2D eigenvalue weighted by molar-refractivity contribution is -0.163. The van der Waals surface area contributed by atoms with Crippen molar-refractivity contribution in [3.63, 3.8) is 0 Å². The Kier molecular flexibility index (Phi) is 11.1. The van der Waals surface area contributed by atoms with Gasteiger partial charge in [-0.3, -0.25) is 14.4 Å². The van der Waals surface area contributed by atoms with Gasteiger partial charge in [-0.2, -0.15) is 0 Å². The van der Waals surface area contributed by atoms with Crippen molar-refractivity contribution in [3.8, 4) is 0 Å². The molecule has 0 aromatic rings. The molecule has 0 aromatic carbocycles. The number of rotatable bonds is 17. The van der Waals surface area contributed by atoms with E-state index in [0.29, 0.717) is 51.6 Å². The average Bonchev–Trinajstić information content (AvgIpc) is 3.51. The third kappa shape index (κ3) is 6.64. The zero-order chi connectivity index (χ0) is 31.3. The lowest BCUT2D eigenvalue weighted by atomic mass is 9.65. The Morgan fingerprint density at radius 1 is 1.10 bits per heavy atom. The van der Waals surface area contributed by atoms with E-state index in [0.717, 1.165) is 25.7 Å². The molecule has 1 spiro atoms. The number of carbonyl (C=O) groups excluding carboxylic acids is 3. The van der Waals surface area contributed by atoms with Gasteiger partial charge in [-0.1, -0.05) is 52.7 Å². The Balaban J connectivity index is 2.04. The topological polar surface area (TPSA) is 96.4 Å². The van der Waals surface area contributed by atoms with Gasteiger partial charge in [0.1, 0.15) is 17.6 Å². The number of unbranched alkanes of at least 4 members (excludes halogenated alkanes) is 4. The maximum absolute atomic E-state index is 14.8. The van der Waals surface area contributed by atoms with Crippen LogP contribution in [0.4, 0.5) is 0 Å². The molecule has 3 rings (SSSR count). The predicted molar refractivity (Wildman–Crippen MR) is 165 cm³/mol. The second-order valence-electron chi connectivity index (χ2n) is 14.4. The normalized spacial score (nSPS) is 28.6. The van der Waals surface area contributed by atoms with E-state index in [1.165, 1.54) is 0 Å². The SMILES string of the molecule is C=CCCCOC(=O)[C@H]1[C@H]2C(=O)N(CCCCCCO)C(C(=O)N(CC=C)C(C)(C)CC(C)(C)C)C23CC[C@]1(CC)O3. The summed E-state index contributed by atoms with van der Waals surface area (Å²) in [5.41, 5.74) is -2.42. The fourth-order valence-electron chi connectivity index (χ4n) is 8.14. The van der Waals surface area contributed by atoms with Gasteiger partial charge in [0.15, 0.2) is 0 Å². The van der Waals surface area contributed by atoms with Crippen LogP contribution in [0.25, 0.3) is 0 Å². The highest BCUT2D eigenvalue weighted by atomic mass is 16.6. The molecule has 0 aliphatic carbocycles. The first-order valence-electron chi connectivity index (χ1n) is 16.1. The van der Waals surface area contributed by atoms with Crippen molar-refractivity contribution < 1.29 is 29.0 Å². The number of esters is 1. The predicted octanol–water partition coefficient (Wildman–Crippen LogP) is 5.43. The summed E-state index contributed by atoms with van der Waals surface area (Å²) < 4.78 is 12.7. The fraction of sp³-hybridized carbons (Fsp3) is 0.794. The Hall–Kier alpha value is -2.19. The second-order valence-corrected chi connectivity index (χ2v) is 14.4. The molecule has 3 heterocycles. The maximum atomic E-state index is 14.8. The highest BCUT2D eigenvalue weighted by Crippen LogP contribution is 2.64. The van der Waals surface area contributed by atoms with Crippen LogP contribution in [0.3, 0.4) is 0 Å². The minimum absolute atomic E-state index is 0.0308. The molecule has 8 heteroatoms. The molecule has 42 heavy (non-hydrogen) atoms. The molecule has 3 saturated heterocycles. The van der Waals surface area contributed by atoms with Crippen molar-refractivity contribution in [2.24, 2.45) is 17.3 Å². The largest absolute Gasteiger partial charge is 0.465 e. The van der Waals surface area contributed by atoms with Gasteiger partial charge in [-0.15, -0.1) is 13.2 Å². The lowest BCUT2D eigenvalue weighted by Gasteiger charge is -2.45. The summed E-state index contributed by atoms with van der Waals surface area (Å²) in [6.45, 7) is 21.5. The zero-order valence-electron chi connectivity index (χ0n) is 27.1. The molecule has 1 N–H and O–H groups in total. The van der Waals surface area contributed by atoms with Crippen LogP contribution in [0.1, 0.15) is 106 Å². The van der Waals surface area contributed by atoms with Crippen LogP contribution in [0.15, 0.2) is 25.3 Å². The fourth-order valence-corrected chi connectivity index (χ4v) is 8.14. The number of carbonyl (C=O) groups is 3. The number of fused-ring (bicyclic) bond motifs is 1. The van der Waals surface area contributed by atoms with Crippen molar-refractivity contribution in [2.75, 3.05) is 26.3 Å². The van der Waals surface area contributed by atoms with E-state index >= 15 is 0 Å². The van der Waals surface area contributed by atoms with E-state index in [-0.39, 0.29) is 30.4 Å². The number of allylic oxidation sites excluding steroid dienone is 1. The highest BCUT2D eigenvalue weighted by molar-refractivity contribution is 5.98. The lowest BCUT2D eigenvalue weighted by Crippen LogP contribution is -2.61. The molecule has 0 radical (unpaired) electrons. The highest BCUT2D eigenvalue weighted by Gasteiger charge is 2.79. The number of likely N-dealkylation sites (tertiary alicyclic amines) is 1. The van der Waals surface area contributed by atoms with Crippen molar-refractivity contribution in [2.45, 2.75) is 129 Å². The van der Waals surface area contributed by atoms with Gasteiger partial charge < -0.3 is 24.4 Å². The van der Waals surface area contributed by atoms with Crippen LogP contribution in [-0.4, -0.2) is 81.8 Å². The van der Waals surface area contributed by atoms with E-state index in [1.807, 2.05) is 11.8 Å². The number of hydrogen-bond donors (Lipinski definition) is 1. The molecule has 8 nitrogen and oxygen atoms in total. The van der Waals surface area contributed by atoms with Crippen LogP contribution in [0.2, 0.25) is 0 Å². The Morgan fingerprint density at radius 2 is 1.79 bits per heavy atom. The van der Waals surface area contributed by atoms with E-state index in [2.05, 4.69) is 47.8 Å². The van der Waals surface area contributed by atoms with Gasteiger partial charge in [-0.05, 0) is 70.6 Å². The summed E-state index contributed by atoms with van der Waals surface area (Å²) in [6.07, 6.45) is 10.5. The number of aliphatic hydroxyl groups is 1. The molecular formula is C34H56N2O6. The maximum Gasteiger partial charge on any atom is 0.312 e. The molecule has 5 atom stereocenters. The molecule has 2 bridgehead atoms. The van der Waals surface area contributed by atoms with E-state index in [9.17, 15) is 19.5 Å². The Morgan fingerprint density at radius 3 is 2.38 bits per heavy atom. The molecule has 2 unspecified atom stereocenters. The van der Waals surface area contributed by atoms with E-state index in [1.54, 1.807) is 17.1 Å². The molecule has 3 aliphatic rings. The Labute approximate surface area is 253 Å². The second kappa shape index (κ2) is 13.6. The first-order chi connectivity index (χ1) is 19.7. The molecule has 2 amide bonds. The van der Waals surface area contributed by atoms with Crippen LogP contribution in [-0.2, 0) is 23.9 Å². The van der Waals surface area contributed by atoms with E-state index < -0.39 is 40.6 Å². The standard InChI is InChI=1S/C34H56N2O6/c1-9-12-17-23-41-30(40)26-25-28(38)35(21-15-13-14-16-22-37)27(34(25)19-18-33(26,11-3)42-34)29(39)36(20-10-2)32(7,8)24-31(4,5)6/h9-10,25-27,37H,1-2,11-24H2,3-8H3/t25-,26+,27?,33-,34?/m0/s1. The van der Waals surface area contributed by atoms with Crippen molar-refractivity contribution >= 4 is 17.8 Å². The number of aliphatic hydroxyl groups excluding tert-OH is 1. The van der Waals surface area contributed by atoms with Crippen LogP contribution < -0.4 is 0 Å². The smallest absolute Gasteiger partial charge is 0.312 e. The average molecular weight is 589 g/mol. The number of amides is 2. The summed E-state index contributed by atoms with van der Waals surface area (Å²) >= 11 is 0. The minimum atomic E-state index is -1.07. The molecule has 3 fully saturated rings. The van der Waals surface area contributed by atoms with Crippen LogP contribution in [0, 0.1) is 17.3 Å². The van der Waals surface area contributed by atoms with Gasteiger partial charge in [0.25, 0.3) is 0 Å². The van der Waals surface area contributed by atoms with Crippen molar-refractivity contribution in [3.05, 3.63) is 25.3 Å². The molecular weight excluding hydrogens is 532 g/mol. The van der Waals surface area contributed by atoms with Crippen molar-refractivity contribution in [1.82, 2.24) is 9.80 Å². The summed E-state index contributed by atoms with van der Waals surface area (Å²) in [5.74, 6) is -2.20. The third-order valence-electron chi connectivity index (χ3n) is 9.54. The van der Waals surface area contributed by atoms with Gasteiger partial charge in [-0.25, -0.2) is 0 Å². The first-order valence-corrected chi connectivity index (χ1v) is 16.1. The molecule has 238 valence electrons. The first kappa shape index (κ1) is 34.3. The van der Waals surface area contributed by atoms with Crippen LogP contribution >= 0.6 is 0 Å². The van der Waals surface area contributed by atoms with Gasteiger partial charge in [0.2, 0.25) is 11.8 Å². The van der Waals surface area contributed by atoms with Gasteiger partial charge in [0, 0.05) is 25.2 Å². The summed E-state index contributed by atoms with van der Waals surface area (Å²) in [6, 6.07) is -0.820. The third-order valence-corrected chi connectivity index (χ3v) is 9.54. The van der Waals surface area contributed by atoms with Crippen LogP contribution in [0.5, 0.6) is 0 Å². The van der Waals surface area contributed by atoms with E-state index in [4.69, 9.17) is 9.47 Å². The summed E-state index contributed by atoms with van der Waals surface area (Å²) in [7, 11) is 0. The summed E-state index contributed by atoms with van der Waals surface area (Å²) in [4.78, 5) is 46.5. The monoisotopic (exact) mass is 588 g/mol. The minimum Gasteiger partial charge on any atom is -0.465 e. The number of ether oxygens (including phenoxy) is 2. The Bertz CT molecular complexity index is 1000. The van der Waals surface area contributed by atoms with Gasteiger partial charge >= 0.3 is 5.97 Å². The van der Waals surface area contributed by atoms with Crippen molar-refractivity contribution in [1.29, 1.82) is 0 Å². The zero-order valence-corrected chi connectivity index (χ0v) is 27.1.